The maximum absolute atomic E-state index is 13.7. The fourth-order valence-corrected chi connectivity index (χ4v) is 3.34. The first kappa shape index (κ1) is 16.5. The Kier molecular flexibility index (Phi) is 4.59. The molecule has 0 aromatic heterocycles. The second-order valence-electron chi connectivity index (χ2n) is 5.15. The van der Waals surface area contributed by atoms with E-state index in [1.54, 1.807) is 18.2 Å². The standard InChI is InChI=1S/C16H16FNO5S/c1-21-14-7-6-12(8-13(14)17)24(19,20)18-9-11-10-22-15-4-2-3-5-16(15)23-11/h2-8,11,18H,9-10H2,1H3. The molecule has 24 heavy (non-hydrogen) atoms. The highest BCUT2D eigenvalue weighted by atomic mass is 32.2. The number of rotatable bonds is 5. The molecule has 8 heteroatoms. The predicted molar refractivity (Wildman–Crippen MR) is 84.5 cm³/mol. The molecule has 0 amide bonds. The Morgan fingerprint density at radius 3 is 2.71 bits per heavy atom. The number of hydrogen-bond donors (Lipinski definition) is 1. The molecule has 1 N–H and O–H groups in total. The zero-order valence-corrected chi connectivity index (χ0v) is 13.7. The monoisotopic (exact) mass is 353 g/mol. The first-order chi connectivity index (χ1) is 11.5. The highest BCUT2D eigenvalue weighted by Gasteiger charge is 2.24. The van der Waals surface area contributed by atoms with Gasteiger partial charge in [0, 0.05) is 0 Å². The van der Waals surface area contributed by atoms with Crippen molar-refractivity contribution in [3.05, 3.63) is 48.3 Å². The molecule has 1 heterocycles. The van der Waals surface area contributed by atoms with E-state index < -0.39 is 21.9 Å². The summed E-state index contributed by atoms with van der Waals surface area (Å²) in [5.74, 6) is 0.415. The van der Waals surface area contributed by atoms with Crippen LogP contribution in [0.15, 0.2) is 47.4 Å². The van der Waals surface area contributed by atoms with Gasteiger partial charge in [0.25, 0.3) is 0 Å². The van der Waals surface area contributed by atoms with Crippen LogP contribution in [0.4, 0.5) is 4.39 Å². The van der Waals surface area contributed by atoms with Gasteiger partial charge < -0.3 is 14.2 Å². The molecule has 2 aromatic rings. The minimum absolute atomic E-state index is 0.00428. The minimum atomic E-state index is -3.87. The number of benzene rings is 2. The number of sulfonamides is 1. The molecular formula is C16H16FNO5S. The van der Waals surface area contributed by atoms with Crippen molar-refractivity contribution in [3.8, 4) is 17.2 Å². The highest BCUT2D eigenvalue weighted by molar-refractivity contribution is 7.89. The molecule has 0 aliphatic carbocycles. The van der Waals surface area contributed by atoms with Crippen molar-refractivity contribution < 1.29 is 27.0 Å². The molecular weight excluding hydrogens is 337 g/mol. The van der Waals surface area contributed by atoms with Crippen molar-refractivity contribution in [2.75, 3.05) is 20.3 Å². The van der Waals surface area contributed by atoms with Crippen LogP contribution in [0, 0.1) is 5.82 Å². The lowest BCUT2D eigenvalue weighted by molar-refractivity contribution is 0.0943. The average molecular weight is 353 g/mol. The van der Waals surface area contributed by atoms with Crippen LogP contribution in [-0.2, 0) is 10.0 Å². The number of nitrogens with one attached hydrogen (secondary N) is 1. The highest BCUT2D eigenvalue weighted by Crippen LogP contribution is 2.30. The third kappa shape index (κ3) is 3.44. The van der Waals surface area contributed by atoms with Gasteiger partial charge in [-0.15, -0.1) is 0 Å². The summed E-state index contributed by atoms with van der Waals surface area (Å²) in [5, 5.41) is 0. The van der Waals surface area contributed by atoms with Gasteiger partial charge in [-0.1, -0.05) is 12.1 Å². The maximum atomic E-state index is 13.7. The van der Waals surface area contributed by atoms with Crippen LogP contribution < -0.4 is 18.9 Å². The summed E-state index contributed by atoms with van der Waals surface area (Å²) in [6, 6.07) is 10.6. The molecule has 0 bridgehead atoms. The quantitative estimate of drug-likeness (QED) is 0.889. The molecule has 1 aliphatic heterocycles. The summed E-state index contributed by atoms with van der Waals surface area (Å²) in [7, 11) is -2.56. The lowest BCUT2D eigenvalue weighted by Crippen LogP contribution is -2.40. The van der Waals surface area contributed by atoms with E-state index in [0.717, 1.165) is 6.07 Å². The Morgan fingerprint density at radius 1 is 1.25 bits per heavy atom. The van der Waals surface area contributed by atoms with Gasteiger partial charge in [0.15, 0.2) is 23.1 Å². The van der Waals surface area contributed by atoms with Crippen molar-refractivity contribution in [2.24, 2.45) is 0 Å². The zero-order chi connectivity index (χ0) is 17.2. The van der Waals surface area contributed by atoms with Crippen LogP contribution in [0.2, 0.25) is 0 Å². The Balaban J connectivity index is 1.67. The summed E-state index contributed by atoms with van der Waals surface area (Å²) in [6.07, 6.45) is -0.474. The van der Waals surface area contributed by atoms with Gasteiger partial charge in [-0.3, -0.25) is 0 Å². The van der Waals surface area contributed by atoms with Crippen molar-refractivity contribution >= 4 is 10.0 Å². The molecule has 1 atom stereocenters. The van der Waals surface area contributed by atoms with E-state index in [2.05, 4.69) is 4.72 Å². The van der Waals surface area contributed by atoms with Gasteiger partial charge in [0.2, 0.25) is 10.0 Å². The first-order valence-electron chi connectivity index (χ1n) is 7.21. The van der Waals surface area contributed by atoms with Gasteiger partial charge in [0.1, 0.15) is 12.7 Å². The van der Waals surface area contributed by atoms with Gasteiger partial charge in [-0.2, -0.15) is 0 Å². The largest absolute Gasteiger partial charge is 0.494 e. The van der Waals surface area contributed by atoms with Crippen molar-refractivity contribution in [2.45, 2.75) is 11.0 Å². The molecule has 2 aromatic carbocycles. The first-order valence-corrected chi connectivity index (χ1v) is 8.69. The van der Waals surface area contributed by atoms with Crippen LogP contribution in [0.5, 0.6) is 17.2 Å². The molecule has 128 valence electrons. The van der Waals surface area contributed by atoms with E-state index in [0.29, 0.717) is 11.5 Å². The molecule has 0 saturated carbocycles. The van der Waals surface area contributed by atoms with Gasteiger partial charge >= 0.3 is 0 Å². The van der Waals surface area contributed by atoms with Crippen LogP contribution in [0.3, 0.4) is 0 Å². The van der Waals surface area contributed by atoms with Crippen LogP contribution in [0.25, 0.3) is 0 Å². The number of hydrogen-bond acceptors (Lipinski definition) is 5. The summed E-state index contributed by atoms with van der Waals surface area (Å²) < 4.78 is 56.6. The Hall–Kier alpha value is -2.32. The molecule has 3 rings (SSSR count). The van der Waals surface area contributed by atoms with E-state index in [-0.39, 0.29) is 23.8 Å². The van der Waals surface area contributed by atoms with E-state index >= 15 is 0 Å². The predicted octanol–water partition coefficient (Wildman–Crippen LogP) is 1.95. The van der Waals surface area contributed by atoms with Crippen molar-refractivity contribution in [1.82, 2.24) is 4.72 Å². The second kappa shape index (κ2) is 6.66. The lowest BCUT2D eigenvalue weighted by atomic mass is 10.2. The van der Waals surface area contributed by atoms with Crippen LogP contribution in [-0.4, -0.2) is 34.8 Å². The van der Waals surface area contributed by atoms with Crippen LogP contribution >= 0.6 is 0 Å². The molecule has 0 spiro atoms. The number of ether oxygens (including phenoxy) is 3. The topological polar surface area (TPSA) is 73.9 Å². The third-order valence-corrected chi connectivity index (χ3v) is 4.92. The summed E-state index contributed by atoms with van der Waals surface area (Å²) in [6.45, 7) is 0.223. The number of halogens is 1. The fourth-order valence-electron chi connectivity index (χ4n) is 2.26. The Bertz CT molecular complexity index is 840. The van der Waals surface area contributed by atoms with E-state index in [9.17, 15) is 12.8 Å². The Labute approximate surface area is 139 Å². The summed E-state index contributed by atoms with van der Waals surface area (Å²) in [5.41, 5.74) is 0. The SMILES string of the molecule is COc1ccc(S(=O)(=O)NCC2COc3ccccc3O2)cc1F. The number of para-hydroxylation sites is 2. The third-order valence-electron chi connectivity index (χ3n) is 3.50. The van der Waals surface area contributed by atoms with Crippen molar-refractivity contribution in [1.29, 1.82) is 0 Å². The minimum Gasteiger partial charge on any atom is -0.494 e. The lowest BCUT2D eigenvalue weighted by Gasteiger charge is -2.26. The van der Waals surface area contributed by atoms with E-state index in [4.69, 9.17) is 14.2 Å². The molecule has 1 unspecified atom stereocenters. The second-order valence-corrected chi connectivity index (χ2v) is 6.91. The number of fused-ring (bicyclic) bond motifs is 1. The summed E-state index contributed by atoms with van der Waals surface area (Å²) >= 11 is 0. The summed E-state index contributed by atoms with van der Waals surface area (Å²) in [4.78, 5) is -0.182. The maximum Gasteiger partial charge on any atom is 0.240 e. The van der Waals surface area contributed by atoms with Gasteiger partial charge in [-0.25, -0.2) is 17.5 Å². The normalized spacial score (nSPS) is 16.7. The number of methoxy groups -OCH3 is 1. The zero-order valence-electron chi connectivity index (χ0n) is 12.9. The van der Waals surface area contributed by atoms with Gasteiger partial charge in [-0.05, 0) is 30.3 Å². The van der Waals surface area contributed by atoms with Crippen LogP contribution in [0.1, 0.15) is 0 Å². The molecule has 6 nitrogen and oxygen atoms in total. The fraction of sp³-hybridized carbons (Fsp3) is 0.250. The van der Waals surface area contributed by atoms with E-state index in [1.807, 2.05) is 6.07 Å². The van der Waals surface area contributed by atoms with E-state index in [1.165, 1.54) is 19.2 Å². The molecule has 0 fully saturated rings. The average Bonchev–Trinajstić information content (AvgIpc) is 2.60. The van der Waals surface area contributed by atoms with Crippen molar-refractivity contribution in [3.63, 3.8) is 0 Å². The smallest absolute Gasteiger partial charge is 0.240 e. The van der Waals surface area contributed by atoms with Gasteiger partial charge in [0.05, 0.1) is 18.6 Å². The molecule has 0 saturated heterocycles. The Morgan fingerprint density at radius 2 is 2.00 bits per heavy atom. The molecule has 1 aliphatic rings. The molecule has 0 radical (unpaired) electrons.